The van der Waals surface area contributed by atoms with Crippen LogP contribution in [0.15, 0.2) is 41.3 Å². The van der Waals surface area contributed by atoms with E-state index in [1.807, 2.05) is 19.1 Å². The lowest BCUT2D eigenvalue weighted by molar-refractivity contribution is -0.140. The van der Waals surface area contributed by atoms with Gasteiger partial charge in [0.15, 0.2) is 0 Å². The Morgan fingerprint density at radius 2 is 1.86 bits per heavy atom. The van der Waals surface area contributed by atoms with Crippen LogP contribution in [0.25, 0.3) is 10.8 Å². The van der Waals surface area contributed by atoms with Crippen LogP contribution in [0.2, 0.25) is 0 Å². The van der Waals surface area contributed by atoms with Crippen molar-refractivity contribution in [2.24, 2.45) is 0 Å². The van der Waals surface area contributed by atoms with Gasteiger partial charge in [0.2, 0.25) is 10.0 Å². The topological polar surface area (TPSA) is 74.7 Å². The second-order valence-electron chi connectivity index (χ2n) is 5.54. The number of sulfonamides is 1. The van der Waals surface area contributed by atoms with Crippen LogP contribution in [0, 0.1) is 6.92 Å². The van der Waals surface area contributed by atoms with E-state index in [1.165, 1.54) is 0 Å². The maximum Gasteiger partial charge on any atom is 0.322 e. The van der Waals surface area contributed by atoms with E-state index in [4.69, 9.17) is 0 Å². The molecule has 1 atom stereocenters. The van der Waals surface area contributed by atoms with Gasteiger partial charge in [-0.3, -0.25) is 4.79 Å². The Labute approximate surface area is 129 Å². The third-order valence-corrected chi connectivity index (χ3v) is 6.14. The van der Waals surface area contributed by atoms with Crippen LogP contribution < -0.4 is 0 Å². The molecule has 1 unspecified atom stereocenters. The number of hydrogen-bond acceptors (Lipinski definition) is 3. The number of aliphatic carboxylic acids is 1. The molecular formula is C16H17NO4S. The highest BCUT2D eigenvalue weighted by molar-refractivity contribution is 7.89. The molecule has 3 rings (SSSR count). The fourth-order valence-electron chi connectivity index (χ4n) is 3.05. The average Bonchev–Trinajstić information content (AvgIpc) is 2.98. The molecule has 0 aliphatic carbocycles. The first-order chi connectivity index (χ1) is 10.4. The van der Waals surface area contributed by atoms with Gasteiger partial charge in [0.05, 0.1) is 4.90 Å². The molecule has 5 nitrogen and oxygen atoms in total. The summed E-state index contributed by atoms with van der Waals surface area (Å²) in [5, 5.41) is 10.8. The van der Waals surface area contributed by atoms with Crippen molar-refractivity contribution in [3.8, 4) is 0 Å². The van der Waals surface area contributed by atoms with Gasteiger partial charge in [-0.1, -0.05) is 30.3 Å². The van der Waals surface area contributed by atoms with E-state index in [1.54, 1.807) is 24.3 Å². The van der Waals surface area contributed by atoms with Crippen molar-refractivity contribution in [1.82, 2.24) is 4.31 Å². The third-order valence-electron chi connectivity index (χ3n) is 4.18. The van der Waals surface area contributed by atoms with E-state index in [2.05, 4.69) is 0 Å². The van der Waals surface area contributed by atoms with Gasteiger partial charge >= 0.3 is 5.97 Å². The van der Waals surface area contributed by atoms with Gasteiger partial charge in [-0.2, -0.15) is 4.31 Å². The lowest BCUT2D eigenvalue weighted by atomic mass is 10.1. The van der Waals surface area contributed by atoms with Gasteiger partial charge in [0.25, 0.3) is 0 Å². The highest BCUT2D eigenvalue weighted by atomic mass is 32.2. The monoisotopic (exact) mass is 319 g/mol. The molecule has 22 heavy (non-hydrogen) atoms. The Bertz CT molecular complexity index is 844. The zero-order valence-corrected chi connectivity index (χ0v) is 13.0. The minimum Gasteiger partial charge on any atom is -0.480 e. The van der Waals surface area contributed by atoms with Crippen LogP contribution in [-0.2, 0) is 14.8 Å². The predicted molar refractivity (Wildman–Crippen MR) is 83.2 cm³/mol. The summed E-state index contributed by atoms with van der Waals surface area (Å²) < 4.78 is 27.0. The van der Waals surface area contributed by atoms with Crippen LogP contribution in [0.1, 0.15) is 18.4 Å². The zero-order chi connectivity index (χ0) is 15.9. The molecule has 0 aromatic heterocycles. The van der Waals surface area contributed by atoms with Crippen molar-refractivity contribution in [3.63, 3.8) is 0 Å². The molecule has 0 amide bonds. The van der Waals surface area contributed by atoms with Crippen molar-refractivity contribution >= 4 is 26.8 Å². The van der Waals surface area contributed by atoms with Gasteiger partial charge in [-0.05, 0) is 36.8 Å². The van der Waals surface area contributed by atoms with E-state index >= 15 is 0 Å². The first kappa shape index (κ1) is 15.0. The number of fused-ring (bicyclic) bond motifs is 1. The summed E-state index contributed by atoms with van der Waals surface area (Å²) >= 11 is 0. The number of benzene rings is 2. The molecule has 1 saturated heterocycles. The summed E-state index contributed by atoms with van der Waals surface area (Å²) in [6.07, 6.45) is 0.929. The van der Waals surface area contributed by atoms with Gasteiger partial charge < -0.3 is 5.11 Å². The lowest BCUT2D eigenvalue weighted by Gasteiger charge is -2.22. The van der Waals surface area contributed by atoms with Crippen molar-refractivity contribution < 1.29 is 18.3 Å². The van der Waals surface area contributed by atoms with Crippen LogP contribution in [0.5, 0.6) is 0 Å². The molecule has 1 N–H and O–H groups in total. The predicted octanol–water partition coefficient (Wildman–Crippen LogP) is 2.39. The summed E-state index contributed by atoms with van der Waals surface area (Å²) in [4.78, 5) is 11.5. The standard InChI is InChI=1S/C16H17NO4S/c1-11-8-9-15(13-6-3-2-5-12(11)13)22(20,21)17-10-4-7-14(17)16(18)19/h2-3,5-6,8-9,14H,4,7,10H2,1H3,(H,18,19). The molecule has 2 aromatic rings. The van der Waals surface area contributed by atoms with E-state index < -0.39 is 22.0 Å². The molecule has 2 aromatic carbocycles. The van der Waals surface area contributed by atoms with Gasteiger partial charge in [-0.25, -0.2) is 8.42 Å². The second kappa shape index (κ2) is 5.37. The summed E-state index contributed by atoms with van der Waals surface area (Å²) in [7, 11) is -3.82. The Morgan fingerprint density at radius 3 is 2.55 bits per heavy atom. The Balaban J connectivity index is 2.18. The molecule has 1 fully saturated rings. The Morgan fingerprint density at radius 1 is 1.18 bits per heavy atom. The van der Waals surface area contributed by atoms with Gasteiger partial charge in [0, 0.05) is 11.9 Å². The van der Waals surface area contributed by atoms with E-state index in [0.29, 0.717) is 18.2 Å². The summed E-state index contributed by atoms with van der Waals surface area (Å²) in [6, 6.07) is 9.67. The van der Waals surface area contributed by atoms with Crippen molar-refractivity contribution in [2.45, 2.75) is 30.7 Å². The van der Waals surface area contributed by atoms with E-state index in [-0.39, 0.29) is 11.4 Å². The van der Waals surface area contributed by atoms with Crippen LogP contribution in [0.4, 0.5) is 0 Å². The zero-order valence-electron chi connectivity index (χ0n) is 12.2. The number of aryl methyl sites for hydroxylation is 1. The van der Waals surface area contributed by atoms with Gasteiger partial charge in [0.1, 0.15) is 6.04 Å². The molecule has 1 heterocycles. The number of nitrogens with zero attached hydrogens (tertiary/aromatic N) is 1. The molecule has 6 heteroatoms. The maximum absolute atomic E-state index is 12.9. The minimum atomic E-state index is -3.82. The number of hydrogen-bond donors (Lipinski definition) is 1. The first-order valence-electron chi connectivity index (χ1n) is 7.16. The molecular weight excluding hydrogens is 302 g/mol. The normalized spacial score (nSPS) is 19.6. The number of carboxylic acids is 1. The highest BCUT2D eigenvalue weighted by Gasteiger charge is 2.40. The third kappa shape index (κ3) is 2.28. The van der Waals surface area contributed by atoms with Gasteiger partial charge in [-0.15, -0.1) is 0 Å². The smallest absolute Gasteiger partial charge is 0.322 e. The summed E-state index contributed by atoms with van der Waals surface area (Å²) in [5.74, 6) is -1.09. The fraction of sp³-hybridized carbons (Fsp3) is 0.312. The van der Waals surface area contributed by atoms with Crippen molar-refractivity contribution in [3.05, 3.63) is 42.0 Å². The maximum atomic E-state index is 12.9. The quantitative estimate of drug-likeness (QED) is 0.942. The van der Waals surface area contributed by atoms with E-state index in [9.17, 15) is 18.3 Å². The molecule has 0 bridgehead atoms. The largest absolute Gasteiger partial charge is 0.480 e. The molecule has 0 saturated carbocycles. The van der Waals surface area contributed by atoms with Crippen molar-refractivity contribution in [2.75, 3.05) is 6.54 Å². The van der Waals surface area contributed by atoms with Crippen LogP contribution in [-0.4, -0.2) is 36.4 Å². The van der Waals surface area contributed by atoms with Crippen LogP contribution in [0.3, 0.4) is 0 Å². The Hall–Kier alpha value is -1.92. The SMILES string of the molecule is Cc1ccc(S(=O)(=O)N2CCCC2C(=O)O)c2ccccc12. The number of rotatable bonds is 3. The van der Waals surface area contributed by atoms with Crippen LogP contribution >= 0.6 is 0 Å². The minimum absolute atomic E-state index is 0.182. The highest BCUT2D eigenvalue weighted by Crippen LogP contribution is 2.31. The Kier molecular flexibility index (Phi) is 3.66. The molecule has 1 aliphatic heterocycles. The molecule has 0 spiro atoms. The number of carbonyl (C=O) groups is 1. The van der Waals surface area contributed by atoms with E-state index in [0.717, 1.165) is 15.3 Å². The molecule has 1 aliphatic rings. The average molecular weight is 319 g/mol. The second-order valence-corrected chi connectivity index (χ2v) is 7.40. The summed E-state index contributed by atoms with van der Waals surface area (Å²) in [6.45, 7) is 2.18. The molecule has 116 valence electrons. The lowest BCUT2D eigenvalue weighted by Crippen LogP contribution is -2.40. The first-order valence-corrected chi connectivity index (χ1v) is 8.60. The van der Waals surface area contributed by atoms with Crippen molar-refractivity contribution in [1.29, 1.82) is 0 Å². The summed E-state index contributed by atoms with van der Waals surface area (Å²) in [5.41, 5.74) is 0.991. The molecule has 0 radical (unpaired) electrons. The fourth-order valence-corrected chi connectivity index (χ4v) is 4.90. The number of carboxylic acid groups (broad SMARTS) is 1.